The number of nitrogens with one attached hydrogen (secondary N) is 1. The van der Waals surface area contributed by atoms with E-state index in [0.29, 0.717) is 30.2 Å². The van der Waals surface area contributed by atoms with E-state index in [2.05, 4.69) is 5.32 Å². The molecule has 0 bridgehead atoms. The standard InChI is InChI=1S/C24H30N2O5/c1-30-18-7-6-16-12-17(21(28)25-24(14-27)8-4-2-3-5-9-24)22(29)26-13-23(10-11-23)15-31-20(18)19(16)26/h6-7,12,27H,2-5,8-11,13-15H2,1H3,(H,25,28). The number of carbonyl (C=O) groups is 1. The molecule has 1 amide bonds. The highest BCUT2D eigenvalue weighted by atomic mass is 16.5. The lowest BCUT2D eigenvalue weighted by Gasteiger charge is -2.32. The van der Waals surface area contributed by atoms with Crippen molar-refractivity contribution in [2.75, 3.05) is 20.3 Å². The van der Waals surface area contributed by atoms with Crippen LogP contribution in [0.4, 0.5) is 0 Å². The molecule has 1 aromatic carbocycles. The average Bonchev–Trinajstić information content (AvgIpc) is 3.59. The quantitative estimate of drug-likeness (QED) is 0.734. The molecule has 2 heterocycles. The summed E-state index contributed by atoms with van der Waals surface area (Å²) < 4.78 is 13.3. The minimum Gasteiger partial charge on any atom is -0.493 e. The monoisotopic (exact) mass is 426 g/mol. The number of pyridine rings is 1. The molecule has 2 fully saturated rings. The predicted molar refractivity (Wildman–Crippen MR) is 117 cm³/mol. The Labute approximate surface area is 181 Å². The highest BCUT2D eigenvalue weighted by Crippen LogP contribution is 2.51. The minimum atomic E-state index is -0.653. The second-order valence-electron chi connectivity index (χ2n) is 9.58. The van der Waals surface area contributed by atoms with Gasteiger partial charge in [-0.15, -0.1) is 0 Å². The lowest BCUT2D eigenvalue weighted by Crippen LogP contribution is -2.52. The van der Waals surface area contributed by atoms with Crippen LogP contribution in [0.3, 0.4) is 0 Å². The summed E-state index contributed by atoms with van der Waals surface area (Å²) in [5.41, 5.74) is -0.198. The maximum Gasteiger partial charge on any atom is 0.264 e. The van der Waals surface area contributed by atoms with Crippen molar-refractivity contribution in [2.24, 2.45) is 5.41 Å². The van der Waals surface area contributed by atoms with Crippen LogP contribution in [0.5, 0.6) is 11.5 Å². The highest BCUT2D eigenvalue weighted by molar-refractivity contribution is 5.99. The molecule has 0 saturated heterocycles. The van der Waals surface area contributed by atoms with Crippen LogP contribution in [0.1, 0.15) is 61.7 Å². The molecular weight excluding hydrogens is 396 g/mol. The smallest absolute Gasteiger partial charge is 0.264 e. The van der Waals surface area contributed by atoms with Gasteiger partial charge in [-0.25, -0.2) is 0 Å². The lowest BCUT2D eigenvalue weighted by atomic mass is 9.90. The van der Waals surface area contributed by atoms with E-state index in [4.69, 9.17) is 9.47 Å². The number of rotatable bonds is 4. The largest absolute Gasteiger partial charge is 0.493 e. The van der Waals surface area contributed by atoms with Crippen LogP contribution in [0.25, 0.3) is 10.9 Å². The normalized spacial score (nSPS) is 21.1. The summed E-state index contributed by atoms with van der Waals surface area (Å²) >= 11 is 0. The van der Waals surface area contributed by atoms with Gasteiger partial charge in [0.2, 0.25) is 0 Å². The lowest BCUT2D eigenvalue weighted by molar-refractivity contribution is 0.0804. The van der Waals surface area contributed by atoms with Gasteiger partial charge in [-0.3, -0.25) is 9.59 Å². The van der Waals surface area contributed by atoms with Crippen molar-refractivity contribution >= 4 is 16.8 Å². The van der Waals surface area contributed by atoms with E-state index in [1.165, 1.54) is 0 Å². The van der Waals surface area contributed by atoms with E-state index >= 15 is 0 Å². The van der Waals surface area contributed by atoms with E-state index in [1.54, 1.807) is 17.7 Å². The van der Waals surface area contributed by atoms with E-state index in [1.807, 2.05) is 12.1 Å². The molecule has 2 saturated carbocycles. The van der Waals surface area contributed by atoms with Gasteiger partial charge in [-0.1, -0.05) is 25.7 Å². The number of hydrogen-bond acceptors (Lipinski definition) is 5. The Bertz CT molecular complexity index is 1080. The van der Waals surface area contributed by atoms with Gasteiger partial charge in [0.05, 0.1) is 31.4 Å². The number of aliphatic hydroxyl groups excluding tert-OH is 1. The molecule has 2 N–H and O–H groups in total. The molecule has 2 aromatic rings. The Hall–Kier alpha value is -2.54. The molecule has 2 aliphatic carbocycles. The third-order valence-electron chi connectivity index (χ3n) is 7.35. The summed E-state index contributed by atoms with van der Waals surface area (Å²) in [4.78, 5) is 26.9. The minimum absolute atomic E-state index is 0.0521. The van der Waals surface area contributed by atoms with E-state index in [-0.39, 0.29) is 23.1 Å². The van der Waals surface area contributed by atoms with Gasteiger partial charge in [-0.2, -0.15) is 0 Å². The molecule has 166 valence electrons. The summed E-state index contributed by atoms with van der Waals surface area (Å²) in [6, 6.07) is 5.34. The van der Waals surface area contributed by atoms with Gasteiger partial charge in [0, 0.05) is 17.3 Å². The summed E-state index contributed by atoms with van der Waals surface area (Å²) in [5.74, 6) is 0.760. The predicted octanol–water partition coefficient (Wildman–Crippen LogP) is 3.00. The van der Waals surface area contributed by atoms with Crippen molar-refractivity contribution in [2.45, 2.75) is 63.5 Å². The van der Waals surface area contributed by atoms with Crippen LogP contribution in [0.15, 0.2) is 23.0 Å². The molecular formula is C24H30N2O5. The first-order chi connectivity index (χ1) is 15.0. The summed E-state index contributed by atoms with van der Waals surface area (Å²) in [7, 11) is 1.59. The van der Waals surface area contributed by atoms with Crippen molar-refractivity contribution in [1.82, 2.24) is 9.88 Å². The van der Waals surface area contributed by atoms with Crippen LogP contribution < -0.4 is 20.3 Å². The van der Waals surface area contributed by atoms with Crippen LogP contribution >= 0.6 is 0 Å². The SMILES string of the molecule is COc1ccc2cc(C(=O)NC3(CO)CCCCCC3)c(=O)n3c2c1OCC1(CC1)C3. The number of amides is 1. The average molecular weight is 427 g/mol. The topological polar surface area (TPSA) is 89.8 Å². The molecule has 3 aliphatic rings. The van der Waals surface area contributed by atoms with E-state index < -0.39 is 11.4 Å². The van der Waals surface area contributed by atoms with Crippen molar-refractivity contribution in [3.63, 3.8) is 0 Å². The second-order valence-corrected chi connectivity index (χ2v) is 9.58. The Morgan fingerprint density at radius 2 is 1.94 bits per heavy atom. The first-order valence-electron chi connectivity index (χ1n) is 11.3. The molecule has 1 spiro atoms. The molecule has 5 rings (SSSR count). The number of aromatic nitrogens is 1. The maximum absolute atomic E-state index is 13.6. The van der Waals surface area contributed by atoms with Crippen molar-refractivity contribution < 1.29 is 19.4 Å². The molecule has 0 atom stereocenters. The van der Waals surface area contributed by atoms with Gasteiger partial charge >= 0.3 is 0 Å². The van der Waals surface area contributed by atoms with E-state index in [9.17, 15) is 14.7 Å². The van der Waals surface area contributed by atoms with Crippen molar-refractivity contribution in [3.8, 4) is 11.5 Å². The van der Waals surface area contributed by atoms with Crippen LogP contribution in [-0.2, 0) is 6.54 Å². The van der Waals surface area contributed by atoms with Gasteiger partial charge < -0.3 is 24.5 Å². The van der Waals surface area contributed by atoms with Crippen molar-refractivity contribution in [1.29, 1.82) is 0 Å². The van der Waals surface area contributed by atoms with Crippen LogP contribution in [0.2, 0.25) is 0 Å². The van der Waals surface area contributed by atoms with Gasteiger partial charge in [0.25, 0.3) is 11.5 Å². The fourth-order valence-electron chi connectivity index (χ4n) is 5.16. The number of methoxy groups -OCH3 is 1. The van der Waals surface area contributed by atoms with E-state index in [0.717, 1.165) is 56.8 Å². The Balaban J connectivity index is 1.60. The fourth-order valence-corrected chi connectivity index (χ4v) is 5.16. The molecule has 7 heteroatoms. The number of benzene rings is 1. The number of aliphatic hydroxyl groups is 1. The number of ether oxygens (including phenoxy) is 2. The number of hydrogen-bond donors (Lipinski definition) is 2. The third kappa shape index (κ3) is 3.49. The summed E-state index contributed by atoms with van der Waals surface area (Å²) in [5, 5.41) is 13.9. The highest BCUT2D eigenvalue weighted by Gasteiger charge is 2.46. The number of carbonyl (C=O) groups excluding carboxylic acids is 1. The van der Waals surface area contributed by atoms with Crippen LogP contribution in [-0.4, -0.2) is 41.4 Å². The van der Waals surface area contributed by atoms with Gasteiger partial charge in [-0.05, 0) is 43.9 Å². The summed E-state index contributed by atoms with van der Waals surface area (Å²) in [6.45, 7) is 0.965. The first-order valence-corrected chi connectivity index (χ1v) is 11.3. The molecule has 7 nitrogen and oxygen atoms in total. The fraction of sp³-hybridized carbons (Fsp3) is 0.583. The molecule has 1 aromatic heterocycles. The molecule has 1 aliphatic heterocycles. The Morgan fingerprint density at radius 1 is 1.19 bits per heavy atom. The molecule has 31 heavy (non-hydrogen) atoms. The molecule has 0 unspecified atom stereocenters. The Kier molecular flexibility index (Phi) is 4.96. The van der Waals surface area contributed by atoms with Crippen molar-refractivity contribution in [3.05, 3.63) is 34.1 Å². The molecule has 0 radical (unpaired) electrons. The summed E-state index contributed by atoms with van der Waals surface area (Å²) in [6.07, 6.45) is 7.60. The first kappa shape index (κ1) is 20.4. The maximum atomic E-state index is 13.6. The number of nitrogens with zero attached hydrogens (tertiary/aromatic N) is 1. The zero-order valence-electron chi connectivity index (χ0n) is 18.0. The third-order valence-corrected chi connectivity index (χ3v) is 7.35. The van der Waals surface area contributed by atoms with Crippen LogP contribution in [0, 0.1) is 5.41 Å². The second kappa shape index (κ2) is 7.55. The zero-order valence-corrected chi connectivity index (χ0v) is 18.0. The Morgan fingerprint density at radius 3 is 2.58 bits per heavy atom. The zero-order chi connectivity index (χ0) is 21.6. The van der Waals surface area contributed by atoms with Gasteiger partial charge in [0.1, 0.15) is 5.56 Å². The van der Waals surface area contributed by atoms with Gasteiger partial charge in [0.15, 0.2) is 11.5 Å².